The minimum absolute atomic E-state index is 0.599. The van der Waals surface area contributed by atoms with Gasteiger partial charge >= 0.3 is 0 Å². The van der Waals surface area contributed by atoms with Crippen molar-refractivity contribution in [1.82, 2.24) is 0 Å². The van der Waals surface area contributed by atoms with Gasteiger partial charge in [0.2, 0.25) is 0 Å². The van der Waals surface area contributed by atoms with Crippen molar-refractivity contribution in [2.24, 2.45) is 0 Å². The van der Waals surface area contributed by atoms with Crippen molar-refractivity contribution < 1.29 is 4.74 Å². The molecule has 0 heterocycles. The van der Waals surface area contributed by atoms with Crippen LogP contribution >= 0.6 is 0 Å². The van der Waals surface area contributed by atoms with Gasteiger partial charge in [-0.2, -0.15) is 0 Å². The van der Waals surface area contributed by atoms with Gasteiger partial charge in [-0.15, -0.1) is 0 Å². The maximum atomic E-state index is 5.33. The fourth-order valence-electron chi connectivity index (χ4n) is 1.02. The first-order valence-electron chi connectivity index (χ1n) is 4.85. The second-order valence-electron chi connectivity index (χ2n) is 3.02. The molecule has 14 heavy (non-hydrogen) atoms. The van der Waals surface area contributed by atoms with Crippen LogP contribution in [0.1, 0.15) is 18.9 Å². The summed E-state index contributed by atoms with van der Waals surface area (Å²) in [7, 11) is 0. The Balaban J connectivity index is 2.31. The first-order valence-corrected chi connectivity index (χ1v) is 4.85. The number of allylic oxidation sites excluding steroid dienone is 1. The second-order valence-corrected chi connectivity index (χ2v) is 3.02. The zero-order valence-electron chi connectivity index (χ0n) is 8.57. The van der Waals surface area contributed by atoms with E-state index < -0.39 is 0 Å². The highest BCUT2D eigenvalue weighted by Gasteiger charge is 1.87. The van der Waals surface area contributed by atoms with Gasteiger partial charge in [-0.3, -0.25) is 0 Å². The van der Waals surface area contributed by atoms with E-state index in [0.717, 1.165) is 12.2 Å². The fourth-order valence-corrected chi connectivity index (χ4v) is 1.02. The average molecular weight is 188 g/mol. The molecule has 0 aliphatic heterocycles. The molecule has 1 aromatic carbocycles. The van der Waals surface area contributed by atoms with Crippen molar-refractivity contribution >= 4 is 6.08 Å². The van der Waals surface area contributed by atoms with Crippen molar-refractivity contribution in [2.75, 3.05) is 6.61 Å². The molecule has 0 saturated carbocycles. The van der Waals surface area contributed by atoms with E-state index in [0.29, 0.717) is 6.61 Å². The van der Waals surface area contributed by atoms with Gasteiger partial charge in [-0.05, 0) is 11.6 Å². The van der Waals surface area contributed by atoms with Crippen molar-refractivity contribution in [3.63, 3.8) is 0 Å². The molecule has 0 amide bonds. The van der Waals surface area contributed by atoms with Crippen LogP contribution in [0.2, 0.25) is 0 Å². The minimum Gasteiger partial charge on any atom is -0.495 e. The molecule has 0 fully saturated rings. The summed E-state index contributed by atoms with van der Waals surface area (Å²) in [6.45, 7) is 6.39. The molecule has 1 rings (SSSR count). The quantitative estimate of drug-likeness (QED) is 0.641. The van der Waals surface area contributed by atoms with Gasteiger partial charge in [0.05, 0.1) is 5.76 Å². The second kappa shape index (κ2) is 6.03. The Morgan fingerprint density at radius 1 is 1.36 bits per heavy atom. The molecule has 1 nitrogen and oxygen atoms in total. The van der Waals surface area contributed by atoms with E-state index in [2.05, 4.69) is 18.7 Å². The molecule has 0 saturated heterocycles. The summed E-state index contributed by atoms with van der Waals surface area (Å²) in [6, 6.07) is 10.2. The predicted octanol–water partition coefficient (Wildman–Crippen LogP) is 3.64. The van der Waals surface area contributed by atoms with E-state index in [4.69, 9.17) is 4.74 Å². The molecule has 74 valence electrons. The lowest BCUT2D eigenvalue weighted by Gasteiger charge is -2.02. The molecule has 0 bridgehead atoms. The number of hydrogen-bond donors (Lipinski definition) is 0. The third-order valence-electron chi connectivity index (χ3n) is 1.89. The van der Waals surface area contributed by atoms with Crippen LogP contribution in [0.3, 0.4) is 0 Å². The molecule has 1 heteroatoms. The first-order chi connectivity index (χ1) is 6.83. The number of benzene rings is 1. The Kier molecular flexibility index (Phi) is 4.56. The summed E-state index contributed by atoms with van der Waals surface area (Å²) in [4.78, 5) is 0. The number of ether oxygens (including phenoxy) is 1. The summed E-state index contributed by atoms with van der Waals surface area (Å²) in [5.74, 6) is 0.836. The lowest BCUT2D eigenvalue weighted by molar-refractivity contribution is 0.241. The van der Waals surface area contributed by atoms with Crippen LogP contribution in [0.5, 0.6) is 0 Å². The Labute approximate surface area is 85.7 Å². The van der Waals surface area contributed by atoms with Crippen LogP contribution in [0.25, 0.3) is 6.08 Å². The smallest absolute Gasteiger partial charge is 0.106 e. The molecule has 0 aliphatic rings. The topological polar surface area (TPSA) is 9.23 Å². The first kappa shape index (κ1) is 10.6. The molecular weight excluding hydrogens is 172 g/mol. The molecule has 0 atom stereocenters. The molecule has 0 unspecified atom stereocenters. The molecule has 0 radical (unpaired) electrons. The van der Waals surface area contributed by atoms with E-state index in [-0.39, 0.29) is 0 Å². The van der Waals surface area contributed by atoms with Gasteiger partial charge in [0.15, 0.2) is 0 Å². The van der Waals surface area contributed by atoms with E-state index in [1.165, 1.54) is 5.56 Å². The van der Waals surface area contributed by atoms with Crippen LogP contribution in [-0.4, -0.2) is 6.61 Å². The normalized spacial score (nSPS) is 10.4. The fraction of sp³-hybridized carbons (Fsp3) is 0.231. The molecule has 0 aromatic heterocycles. The van der Waals surface area contributed by atoms with Crippen LogP contribution in [0.15, 0.2) is 48.7 Å². The molecule has 1 aromatic rings. The Morgan fingerprint density at radius 3 is 2.71 bits per heavy atom. The summed E-state index contributed by atoms with van der Waals surface area (Å²) < 4.78 is 5.33. The molecule has 0 aliphatic carbocycles. The van der Waals surface area contributed by atoms with Crippen molar-refractivity contribution in [3.8, 4) is 0 Å². The van der Waals surface area contributed by atoms with Crippen LogP contribution in [0.4, 0.5) is 0 Å². The Hall–Kier alpha value is -1.50. The summed E-state index contributed by atoms with van der Waals surface area (Å²) in [6.07, 6.45) is 4.91. The monoisotopic (exact) mass is 188 g/mol. The third kappa shape index (κ3) is 3.94. The van der Waals surface area contributed by atoms with E-state index in [1.807, 2.05) is 37.3 Å². The average Bonchev–Trinajstić information content (AvgIpc) is 2.25. The van der Waals surface area contributed by atoms with Crippen LogP contribution in [-0.2, 0) is 4.74 Å². The van der Waals surface area contributed by atoms with Gasteiger partial charge < -0.3 is 4.74 Å². The van der Waals surface area contributed by atoms with Gasteiger partial charge in [-0.25, -0.2) is 0 Å². The van der Waals surface area contributed by atoms with E-state index in [9.17, 15) is 0 Å². The zero-order valence-corrected chi connectivity index (χ0v) is 8.57. The highest BCUT2D eigenvalue weighted by molar-refractivity contribution is 5.48. The van der Waals surface area contributed by atoms with E-state index >= 15 is 0 Å². The number of hydrogen-bond acceptors (Lipinski definition) is 1. The maximum absolute atomic E-state index is 5.33. The molecule has 0 N–H and O–H groups in total. The predicted molar refractivity (Wildman–Crippen MR) is 60.9 cm³/mol. The zero-order chi connectivity index (χ0) is 10.2. The third-order valence-corrected chi connectivity index (χ3v) is 1.89. The highest BCUT2D eigenvalue weighted by atomic mass is 16.5. The van der Waals surface area contributed by atoms with Gasteiger partial charge in [0.1, 0.15) is 6.61 Å². The van der Waals surface area contributed by atoms with Crippen LogP contribution in [0, 0.1) is 0 Å². The Morgan fingerprint density at radius 2 is 2.07 bits per heavy atom. The van der Waals surface area contributed by atoms with Crippen molar-refractivity contribution in [3.05, 3.63) is 54.3 Å². The SMILES string of the molecule is C=C(CC)OC/C=C/c1ccccc1. The minimum atomic E-state index is 0.599. The largest absolute Gasteiger partial charge is 0.495 e. The van der Waals surface area contributed by atoms with Gasteiger partial charge in [0, 0.05) is 6.42 Å². The molecular formula is C13H16O. The lowest BCUT2D eigenvalue weighted by Crippen LogP contribution is -1.88. The Bertz CT molecular complexity index is 298. The lowest BCUT2D eigenvalue weighted by atomic mass is 10.2. The maximum Gasteiger partial charge on any atom is 0.106 e. The standard InChI is InChI=1S/C13H16O/c1-3-12(2)14-11-7-10-13-8-5-4-6-9-13/h4-10H,2-3,11H2,1H3/b10-7+. The summed E-state index contributed by atoms with van der Waals surface area (Å²) in [5, 5.41) is 0. The van der Waals surface area contributed by atoms with Gasteiger partial charge in [-0.1, -0.05) is 49.9 Å². The summed E-state index contributed by atoms with van der Waals surface area (Å²) >= 11 is 0. The van der Waals surface area contributed by atoms with Crippen molar-refractivity contribution in [2.45, 2.75) is 13.3 Å². The highest BCUT2D eigenvalue weighted by Crippen LogP contribution is 2.02. The van der Waals surface area contributed by atoms with Gasteiger partial charge in [0.25, 0.3) is 0 Å². The van der Waals surface area contributed by atoms with Crippen LogP contribution < -0.4 is 0 Å². The van der Waals surface area contributed by atoms with Crippen molar-refractivity contribution in [1.29, 1.82) is 0 Å². The molecule has 0 spiro atoms. The van der Waals surface area contributed by atoms with E-state index in [1.54, 1.807) is 0 Å². The number of rotatable bonds is 5. The summed E-state index contributed by atoms with van der Waals surface area (Å²) in [5.41, 5.74) is 1.19.